The maximum absolute atomic E-state index is 11.9. The topological polar surface area (TPSA) is 78.7 Å². The number of rotatable bonds is 5. The molecule has 0 saturated carbocycles. The fourth-order valence-electron chi connectivity index (χ4n) is 2.81. The van der Waals surface area contributed by atoms with Crippen LogP contribution < -0.4 is 16.0 Å². The number of benzene rings is 1. The summed E-state index contributed by atoms with van der Waals surface area (Å²) in [7, 11) is 0. The number of aliphatic imine (C=N–C) groups is 1. The maximum atomic E-state index is 11.9. The van der Waals surface area contributed by atoms with Crippen molar-refractivity contribution in [1.29, 1.82) is 0 Å². The number of amides is 1. The molecule has 0 aliphatic carbocycles. The number of fused-ring (bicyclic) bond motifs is 1. The molecule has 2 aromatic rings. The van der Waals surface area contributed by atoms with Crippen LogP contribution in [-0.2, 0) is 11.3 Å². The Bertz CT molecular complexity index is 710. The van der Waals surface area contributed by atoms with Crippen molar-refractivity contribution in [3.63, 3.8) is 0 Å². The fraction of sp³-hybridized carbons (Fsp3) is 0.333. The Balaban J connectivity index is 1.66. The summed E-state index contributed by atoms with van der Waals surface area (Å²) in [4.78, 5) is 16.4. The average molecular weight is 326 g/mol. The molecule has 0 saturated heterocycles. The molecule has 1 atom stereocenters. The predicted octanol–water partition coefficient (Wildman–Crippen LogP) is 2.46. The minimum absolute atomic E-state index is 0.0537. The average Bonchev–Trinajstić information content (AvgIpc) is 3.10. The van der Waals surface area contributed by atoms with Crippen LogP contribution in [0.2, 0.25) is 0 Å². The number of carbonyl (C=O) groups excluding carboxylic acids is 1. The van der Waals surface area contributed by atoms with Crippen LogP contribution >= 0.6 is 0 Å². The van der Waals surface area contributed by atoms with Gasteiger partial charge < -0.3 is 20.4 Å². The van der Waals surface area contributed by atoms with E-state index in [1.54, 1.807) is 6.26 Å². The van der Waals surface area contributed by atoms with Gasteiger partial charge in [0.15, 0.2) is 5.96 Å². The third kappa shape index (κ3) is 3.95. The highest BCUT2D eigenvalue weighted by atomic mass is 16.3. The van der Waals surface area contributed by atoms with Crippen LogP contribution in [0.4, 0.5) is 5.69 Å². The van der Waals surface area contributed by atoms with Crippen LogP contribution in [0.3, 0.4) is 0 Å². The molecule has 0 bridgehead atoms. The summed E-state index contributed by atoms with van der Waals surface area (Å²) in [6, 6.07) is 11.7. The second-order valence-electron chi connectivity index (χ2n) is 5.69. The van der Waals surface area contributed by atoms with Gasteiger partial charge in [0.25, 0.3) is 0 Å². The number of furan rings is 1. The summed E-state index contributed by atoms with van der Waals surface area (Å²) in [5.41, 5.74) is 2.06. The summed E-state index contributed by atoms with van der Waals surface area (Å²) in [6.07, 6.45) is 2.12. The van der Waals surface area contributed by atoms with E-state index >= 15 is 0 Å². The summed E-state index contributed by atoms with van der Waals surface area (Å²) in [5.74, 6) is 1.72. The van der Waals surface area contributed by atoms with Crippen molar-refractivity contribution in [3.8, 4) is 0 Å². The molecule has 6 heteroatoms. The Labute approximate surface area is 141 Å². The van der Waals surface area contributed by atoms with Crippen LogP contribution in [0, 0.1) is 0 Å². The first kappa shape index (κ1) is 16.1. The molecular formula is C18H22N4O2. The fourth-order valence-corrected chi connectivity index (χ4v) is 2.81. The van der Waals surface area contributed by atoms with E-state index in [1.165, 1.54) is 0 Å². The lowest BCUT2D eigenvalue weighted by Crippen LogP contribution is -2.40. The summed E-state index contributed by atoms with van der Waals surface area (Å²) < 4.78 is 5.30. The minimum atomic E-state index is 0.0537. The van der Waals surface area contributed by atoms with E-state index in [4.69, 9.17) is 4.42 Å². The van der Waals surface area contributed by atoms with E-state index in [2.05, 4.69) is 27.0 Å². The summed E-state index contributed by atoms with van der Waals surface area (Å²) in [5, 5.41) is 9.47. The zero-order chi connectivity index (χ0) is 16.8. The Morgan fingerprint density at radius 1 is 1.29 bits per heavy atom. The van der Waals surface area contributed by atoms with Gasteiger partial charge in [-0.1, -0.05) is 18.2 Å². The van der Waals surface area contributed by atoms with Crippen molar-refractivity contribution in [2.45, 2.75) is 25.8 Å². The van der Waals surface area contributed by atoms with Crippen molar-refractivity contribution in [2.24, 2.45) is 4.99 Å². The first-order valence-corrected chi connectivity index (χ1v) is 8.19. The number of nitrogens with one attached hydrogen (secondary N) is 3. The number of para-hydroxylation sites is 1. The van der Waals surface area contributed by atoms with Crippen LogP contribution in [-0.4, -0.2) is 25.0 Å². The van der Waals surface area contributed by atoms with Crippen LogP contribution in [0.1, 0.15) is 30.6 Å². The summed E-state index contributed by atoms with van der Waals surface area (Å²) >= 11 is 0. The van der Waals surface area contributed by atoms with Crippen LogP contribution in [0.25, 0.3) is 0 Å². The number of hydrogen-bond donors (Lipinski definition) is 3. The van der Waals surface area contributed by atoms with E-state index in [9.17, 15) is 4.79 Å². The Kier molecular flexibility index (Phi) is 5.15. The predicted molar refractivity (Wildman–Crippen MR) is 94.0 cm³/mol. The van der Waals surface area contributed by atoms with Crippen molar-refractivity contribution < 1.29 is 9.21 Å². The normalized spacial score (nSPS) is 17.1. The van der Waals surface area contributed by atoms with E-state index in [0.29, 0.717) is 19.5 Å². The number of carbonyl (C=O) groups is 1. The van der Waals surface area contributed by atoms with Gasteiger partial charge in [-0.3, -0.25) is 4.79 Å². The molecule has 1 unspecified atom stereocenters. The van der Waals surface area contributed by atoms with Gasteiger partial charge >= 0.3 is 0 Å². The number of hydrogen-bond acceptors (Lipinski definition) is 3. The number of nitrogens with zero attached hydrogens (tertiary/aromatic N) is 1. The number of guanidine groups is 1. The Hall–Kier alpha value is -2.76. The lowest BCUT2D eigenvalue weighted by molar-refractivity contribution is -0.116. The monoisotopic (exact) mass is 326 g/mol. The minimum Gasteiger partial charge on any atom is -0.467 e. The molecule has 0 spiro atoms. The van der Waals surface area contributed by atoms with Gasteiger partial charge in [0.1, 0.15) is 12.3 Å². The number of anilines is 1. The molecule has 1 amide bonds. The van der Waals surface area contributed by atoms with Gasteiger partial charge in [-0.05, 0) is 30.7 Å². The maximum Gasteiger partial charge on any atom is 0.225 e. The van der Waals surface area contributed by atoms with Gasteiger partial charge in [-0.2, -0.15) is 0 Å². The molecule has 1 aromatic carbocycles. The molecule has 1 aliphatic heterocycles. The first-order chi connectivity index (χ1) is 11.8. The highest BCUT2D eigenvalue weighted by Gasteiger charge is 2.24. The highest BCUT2D eigenvalue weighted by Crippen LogP contribution is 2.31. The summed E-state index contributed by atoms with van der Waals surface area (Å²) in [6.45, 7) is 3.91. The lowest BCUT2D eigenvalue weighted by atomic mass is 9.90. The molecule has 1 aliphatic rings. The van der Waals surface area contributed by atoms with Gasteiger partial charge in [0.05, 0.1) is 6.26 Å². The molecule has 1 aromatic heterocycles. The van der Waals surface area contributed by atoms with Crippen molar-refractivity contribution >= 4 is 17.6 Å². The molecular weight excluding hydrogens is 304 g/mol. The second kappa shape index (κ2) is 7.68. The SMILES string of the molecule is CCNC(=NCc1ccco1)NCC1CC(=O)Nc2ccccc21. The van der Waals surface area contributed by atoms with Crippen molar-refractivity contribution in [1.82, 2.24) is 10.6 Å². The lowest BCUT2D eigenvalue weighted by Gasteiger charge is -2.26. The van der Waals surface area contributed by atoms with Gasteiger partial charge in [0.2, 0.25) is 5.91 Å². The first-order valence-electron chi connectivity index (χ1n) is 8.19. The van der Waals surface area contributed by atoms with Crippen LogP contribution in [0.5, 0.6) is 0 Å². The molecule has 24 heavy (non-hydrogen) atoms. The Morgan fingerprint density at radius 3 is 2.96 bits per heavy atom. The smallest absolute Gasteiger partial charge is 0.225 e. The van der Waals surface area contributed by atoms with E-state index in [0.717, 1.165) is 29.5 Å². The molecule has 2 heterocycles. The zero-order valence-electron chi connectivity index (χ0n) is 13.7. The van der Waals surface area contributed by atoms with E-state index < -0.39 is 0 Å². The molecule has 0 fully saturated rings. The third-order valence-electron chi connectivity index (χ3n) is 3.94. The van der Waals surface area contributed by atoms with Gasteiger partial charge in [0, 0.05) is 31.1 Å². The standard InChI is InChI=1S/C18H22N4O2/c1-2-19-18(21-12-14-6-5-9-24-14)20-11-13-10-17(23)22-16-8-4-3-7-15(13)16/h3-9,13H,2,10-12H2,1H3,(H,22,23)(H2,19,20,21). The van der Waals surface area contributed by atoms with E-state index in [1.807, 2.05) is 37.3 Å². The van der Waals surface area contributed by atoms with Crippen molar-refractivity contribution in [3.05, 3.63) is 54.0 Å². The second-order valence-corrected chi connectivity index (χ2v) is 5.69. The van der Waals surface area contributed by atoms with E-state index in [-0.39, 0.29) is 11.8 Å². The molecule has 126 valence electrons. The van der Waals surface area contributed by atoms with Crippen LogP contribution in [0.15, 0.2) is 52.1 Å². The van der Waals surface area contributed by atoms with Gasteiger partial charge in [-0.15, -0.1) is 0 Å². The van der Waals surface area contributed by atoms with Crippen molar-refractivity contribution in [2.75, 3.05) is 18.4 Å². The third-order valence-corrected chi connectivity index (χ3v) is 3.94. The molecule has 0 radical (unpaired) electrons. The molecule has 3 N–H and O–H groups in total. The zero-order valence-corrected chi connectivity index (χ0v) is 13.7. The molecule has 3 rings (SSSR count). The molecule has 6 nitrogen and oxygen atoms in total. The van der Waals surface area contributed by atoms with Gasteiger partial charge in [-0.25, -0.2) is 4.99 Å². The highest BCUT2D eigenvalue weighted by molar-refractivity contribution is 5.94. The quantitative estimate of drug-likeness (QED) is 0.582. The Morgan fingerprint density at radius 2 is 2.17 bits per heavy atom. The largest absolute Gasteiger partial charge is 0.467 e.